The molecule has 0 bridgehead atoms. The predicted molar refractivity (Wildman–Crippen MR) is 94.1 cm³/mol. The molecule has 3 aromatic carbocycles. The highest BCUT2D eigenvalue weighted by molar-refractivity contribution is 9.10. The summed E-state index contributed by atoms with van der Waals surface area (Å²) in [5.74, 6) is 0. The van der Waals surface area contributed by atoms with Crippen LogP contribution in [0.15, 0.2) is 76.2 Å². The minimum Gasteiger partial charge on any atom is -0.285 e. The van der Waals surface area contributed by atoms with Crippen LogP contribution in [0.1, 0.15) is 24.1 Å². The van der Waals surface area contributed by atoms with E-state index in [1.807, 2.05) is 24.4 Å². The maximum Gasteiger partial charge on any atom is 0.0727 e. The van der Waals surface area contributed by atoms with E-state index in [2.05, 4.69) is 71.4 Å². The third kappa shape index (κ3) is 3.06. The van der Waals surface area contributed by atoms with E-state index in [1.54, 1.807) is 0 Å². The number of hydrogen-bond donors (Lipinski definition) is 0. The summed E-state index contributed by atoms with van der Waals surface area (Å²) in [6, 6.07) is 23.1. The van der Waals surface area contributed by atoms with Crippen LogP contribution < -0.4 is 0 Å². The molecule has 1 atom stereocenters. The van der Waals surface area contributed by atoms with Gasteiger partial charge < -0.3 is 0 Å². The zero-order valence-electron chi connectivity index (χ0n) is 11.8. The lowest BCUT2D eigenvalue weighted by molar-refractivity contribution is 0.833. The Morgan fingerprint density at radius 3 is 2.48 bits per heavy atom. The average molecular weight is 338 g/mol. The Labute approximate surface area is 133 Å². The van der Waals surface area contributed by atoms with E-state index in [4.69, 9.17) is 4.99 Å². The van der Waals surface area contributed by atoms with E-state index in [9.17, 15) is 0 Å². The molecule has 0 amide bonds. The third-order valence-electron chi connectivity index (χ3n) is 3.62. The average Bonchev–Trinajstić information content (AvgIpc) is 2.53. The van der Waals surface area contributed by atoms with Gasteiger partial charge in [-0.1, -0.05) is 76.6 Å². The van der Waals surface area contributed by atoms with Crippen molar-refractivity contribution in [3.63, 3.8) is 0 Å². The van der Waals surface area contributed by atoms with Gasteiger partial charge in [0, 0.05) is 16.3 Å². The lowest BCUT2D eigenvalue weighted by atomic mass is 10.00. The zero-order chi connectivity index (χ0) is 14.7. The quantitative estimate of drug-likeness (QED) is 0.537. The van der Waals surface area contributed by atoms with Crippen LogP contribution in [0.2, 0.25) is 0 Å². The van der Waals surface area contributed by atoms with Crippen molar-refractivity contribution >= 4 is 32.9 Å². The topological polar surface area (TPSA) is 12.4 Å². The Morgan fingerprint density at radius 1 is 0.905 bits per heavy atom. The van der Waals surface area contributed by atoms with Gasteiger partial charge in [-0.05, 0) is 29.3 Å². The van der Waals surface area contributed by atoms with E-state index in [0.717, 1.165) is 10.0 Å². The number of rotatable bonds is 3. The predicted octanol–water partition coefficient (Wildman–Crippen LogP) is 5.78. The van der Waals surface area contributed by atoms with E-state index in [1.165, 1.54) is 16.3 Å². The van der Waals surface area contributed by atoms with Crippen LogP contribution in [0, 0.1) is 0 Å². The van der Waals surface area contributed by atoms with Gasteiger partial charge in [0.2, 0.25) is 0 Å². The number of aliphatic imine (C=N–C) groups is 1. The third-order valence-corrected chi connectivity index (χ3v) is 4.34. The van der Waals surface area contributed by atoms with Gasteiger partial charge in [-0.25, -0.2) is 0 Å². The molecule has 3 aromatic rings. The van der Waals surface area contributed by atoms with Crippen LogP contribution in [0.25, 0.3) is 10.8 Å². The molecule has 0 aromatic heterocycles. The molecule has 0 N–H and O–H groups in total. The summed E-state index contributed by atoms with van der Waals surface area (Å²) in [5, 5.41) is 2.54. The van der Waals surface area contributed by atoms with E-state index in [-0.39, 0.29) is 6.04 Å². The summed E-state index contributed by atoms with van der Waals surface area (Å²) in [4.78, 5) is 4.72. The Bertz CT molecular complexity index is 787. The number of fused-ring (bicyclic) bond motifs is 1. The molecule has 0 heterocycles. The first-order chi connectivity index (χ1) is 10.3. The Kier molecular flexibility index (Phi) is 4.16. The maximum atomic E-state index is 4.72. The van der Waals surface area contributed by atoms with Crippen molar-refractivity contribution in [3.8, 4) is 0 Å². The second-order valence-electron chi connectivity index (χ2n) is 5.04. The molecule has 0 aliphatic heterocycles. The molecular formula is C19H16BrN. The minimum absolute atomic E-state index is 0.128. The summed E-state index contributed by atoms with van der Waals surface area (Å²) < 4.78 is 1.07. The fourth-order valence-corrected chi connectivity index (χ4v) is 2.85. The molecule has 104 valence electrons. The highest BCUT2D eigenvalue weighted by Crippen LogP contribution is 2.26. The molecule has 21 heavy (non-hydrogen) atoms. The number of nitrogens with zero attached hydrogens (tertiary/aromatic N) is 1. The highest BCUT2D eigenvalue weighted by atomic mass is 79.9. The fourth-order valence-electron chi connectivity index (χ4n) is 2.47. The maximum absolute atomic E-state index is 4.72. The smallest absolute Gasteiger partial charge is 0.0727 e. The monoisotopic (exact) mass is 337 g/mol. The lowest BCUT2D eigenvalue weighted by Gasteiger charge is -2.10. The standard InChI is InChI=1S/C19H16BrN/c1-14(21-13-16-8-3-5-12-19(16)20)17-11-6-9-15-7-2-4-10-18(15)17/h2-14H,1H3/t14-/m1/s1. The molecule has 3 rings (SSSR count). The van der Waals surface area contributed by atoms with Crippen molar-refractivity contribution in [2.75, 3.05) is 0 Å². The van der Waals surface area contributed by atoms with Crippen molar-refractivity contribution < 1.29 is 0 Å². The SMILES string of the molecule is C[C@@H](N=Cc1ccccc1Br)c1cccc2ccccc12. The van der Waals surface area contributed by atoms with Gasteiger partial charge in [0.05, 0.1) is 6.04 Å². The number of benzene rings is 3. The number of hydrogen-bond acceptors (Lipinski definition) is 1. The second-order valence-corrected chi connectivity index (χ2v) is 5.90. The summed E-state index contributed by atoms with van der Waals surface area (Å²) in [6.45, 7) is 2.13. The molecule has 1 nitrogen and oxygen atoms in total. The molecule has 0 unspecified atom stereocenters. The van der Waals surface area contributed by atoms with Gasteiger partial charge in [-0.3, -0.25) is 4.99 Å². The first-order valence-electron chi connectivity index (χ1n) is 7.01. The van der Waals surface area contributed by atoms with E-state index < -0.39 is 0 Å². The van der Waals surface area contributed by atoms with Crippen LogP contribution in [-0.2, 0) is 0 Å². The molecule has 2 heteroatoms. The minimum atomic E-state index is 0.128. The van der Waals surface area contributed by atoms with Gasteiger partial charge in [-0.15, -0.1) is 0 Å². The molecule has 0 saturated heterocycles. The molecule has 0 fully saturated rings. The van der Waals surface area contributed by atoms with Crippen molar-refractivity contribution in [2.24, 2.45) is 4.99 Å². The molecule has 0 radical (unpaired) electrons. The van der Waals surface area contributed by atoms with Crippen LogP contribution in [-0.4, -0.2) is 6.21 Å². The van der Waals surface area contributed by atoms with Crippen LogP contribution in [0.4, 0.5) is 0 Å². The molecule has 0 spiro atoms. The molecule has 0 aliphatic rings. The van der Waals surface area contributed by atoms with Crippen LogP contribution >= 0.6 is 15.9 Å². The van der Waals surface area contributed by atoms with Crippen LogP contribution in [0.3, 0.4) is 0 Å². The van der Waals surface area contributed by atoms with E-state index in [0.29, 0.717) is 0 Å². The van der Waals surface area contributed by atoms with Gasteiger partial charge in [0.1, 0.15) is 0 Å². The highest BCUT2D eigenvalue weighted by Gasteiger charge is 2.07. The van der Waals surface area contributed by atoms with Gasteiger partial charge >= 0.3 is 0 Å². The van der Waals surface area contributed by atoms with Crippen molar-refractivity contribution in [2.45, 2.75) is 13.0 Å². The van der Waals surface area contributed by atoms with Crippen molar-refractivity contribution in [3.05, 3.63) is 82.3 Å². The fraction of sp³-hybridized carbons (Fsp3) is 0.105. The Morgan fingerprint density at radius 2 is 1.62 bits per heavy atom. The molecule has 0 aliphatic carbocycles. The van der Waals surface area contributed by atoms with Crippen molar-refractivity contribution in [1.82, 2.24) is 0 Å². The first kappa shape index (κ1) is 14.0. The van der Waals surface area contributed by atoms with E-state index >= 15 is 0 Å². The van der Waals surface area contributed by atoms with Crippen molar-refractivity contribution in [1.29, 1.82) is 0 Å². The first-order valence-corrected chi connectivity index (χ1v) is 7.80. The Balaban J connectivity index is 1.94. The molecule has 0 saturated carbocycles. The second kappa shape index (κ2) is 6.23. The largest absolute Gasteiger partial charge is 0.285 e. The zero-order valence-corrected chi connectivity index (χ0v) is 13.4. The normalized spacial score (nSPS) is 12.9. The summed E-state index contributed by atoms with van der Waals surface area (Å²) in [5.41, 5.74) is 2.36. The van der Waals surface area contributed by atoms with Crippen LogP contribution in [0.5, 0.6) is 0 Å². The molecular weight excluding hydrogens is 322 g/mol. The van der Waals surface area contributed by atoms with Gasteiger partial charge in [0.15, 0.2) is 0 Å². The summed E-state index contributed by atoms with van der Waals surface area (Å²) in [7, 11) is 0. The lowest BCUT2D eigenvalue weighted by Crippen LogP contribution is -1.93. The Hall–Kier alpha value is -1.93. The summed E-state index contributed by atoms with van der Waals surface area (Å²) >= 11 is 3.55. The van der Waals surface area contributed by atoms with Gasteiger partial charge in [0.25, 0.3) is 0 Å². The summed E-state index contributed by atoms with van der Waals surface area (Å²) in [6.07, 6.45) is 1.94. The number of halogens is 1. The van der Waals surface area contributed by atoms with Gasteiger partial charge in [-0.2, -0.15) is 0 Å².